The number of H-pyrrole nitrogens is 1. The van der Waals surface area contributed by atoms with Crippen molar-refractivity contribution in [2.75, 3.05) is 24.5 Å². The highest BCUT2D eigenvalue weighted by molar-refractivity contribution is 5.78. The molecule has 1 aliphatic heterocycles. The summed E-state index contributed by atoms with van der Waals surface area (Å²) in [5, 5.41) is 0.647. The molecule has 1 aliphatic rings. The highest BCUT2D eigenvalue weighted by atomic mass is 16.1. The van der Waals surface area contributed by atoms with E-state index in [0.717, 1.165) is 44.5 Å². The first-order valence-electron chi connectivity index (χ1n) is 9.76. The van der Waals surface area contributed by atoms with Gasteiger partial charge in [-0.3, -0.25) is 14.7 Å². The molecule has 4 rings (SSSR count). The van der Waals surface area contributed by atoms with Crippen molar-refractivity contribution >= 4 is 16.9 Å². The van der Waals surface area contributed by atoms with Crippen LogP contribution in [0.4, 0.5) is 5.95 Å². The van der Waals surface area contributed by atoms with Gasteiger partial charge in [-0.25, -0.2) is 4.98 Å². The Balaban J connectivity index is 1.55. The number of rotatable bonds is 5. The molecule has 2 aromatic carbocycles. The Morgan fingerprint density at radius 3 is 2.67 bits per heavy atom. The summed E-state index contributed by atoms with van der Waals surface area (Å²) in [5.74, 6) is 0.694. The van der Waals surface area contributed by atoms with E-state index in [0.29, 0.717) is 17.4 Å². The largest absolute Gasteiger partial charge is 0.339 e. The minimum absolute atomic E-state index is 0.0608. The first-order chi connectivity index (χ1) is 13.2. The fourth-order valence-corrected chi connectivity index (χ4v) is 3.94. The molecule has 2 heterocycles. The van der Waals surface area contributed by atoms with Crippen molar-refractivity contribution in [3.8, 4) is 0 Å². The van der Waals surface area contributed by atoms with Crippen LogP contribution in [0, 0.1) is 0 Å². The van der Waals surface area contributed by atoms with Gasteiger partial charge in [0.2, 0.25) is 5.95 Å². The van der Waals surface area contributed by atoms with Crippen LogP contribution in [0.3, 0.4) is 0 Å². The zero-order valence-electron chi connectivity index (χ0n) is 15.8. The number of anilines is 1. The zero-order chi connectivity index (χ0) is 18.6. The van der Waals surface area contributed by atoms with Crippen LogP contribution in [-0.4, -0.2) is 40.5 Å². The maximum Gasteiger partial charge on any atom is 0.260 e. The van der Waals surface area contributed by atoms with Crippen LogP contribution < -0.4 is 10.5 Å². The van der Waals surface area contributed by atoms with Gasteiger partial charge in [-0.1, -0.05) is 55.8 Å². The third-order valence-electron chi connectivity index (χ3n) is 5.35. The first-order valence-corrected chi connectivity index (χ1v) is 9.76. The molecule has 27 heavy (non-hydrogen) atoms. The van der Waals surface area contributed by atoms with Crippen LogP contribution in [0.5, 0.6) is 0 Å². The van der Waals surface area contributed by atoms with Crippen LogP contribution in [0.15, 0.2) is 59.4 Å². The van der Waals surface area contributed by atoms with E-state index in [2.05, 4.69) is 52.0 Å². The van der Waals surface area contributed by atoms with Gasteiger partial charge in [-0.2, -0.15) is 0 Å². The number of hydrogen-bond donors (Lipinski definition) is 1. The summed E-state index contributed by atoms with van der Waals surface area (Å²) in [4.78, 5) is 24.9. The summed E-state index contributed by atoms with van der Waals surface area (Å²) in [6.45, 7) is 5.93. The highest BCUT2D eigenvalue weighted by Gasteiger charge is 2.27. The van der Waals surface area contributed by atoms with Gasteiger partial charge in [0.25, 0.3) is 5.56 Å². The lowest BCUT2D eigenvalue weighted by molar-refractivity contribution is 0.158. The fraction of sp³-hybridized carbons (Fsp3) is 0.364. The van der Waals surface area contributed by atoms with E-state index >= 15 is 0 Å². The molecule has 1 N–H and O–H groups in total. The quantitative estimate of drug-likeness (QED) is 0.756. The third kappa shape index (κ3) is 3.88. The molecule has 1 saturated heterocycles. The molecule has 1 atom stereocenters. The summed E-state index contributed by atoms with van der Waals surface area (Å²) in [6.07, 6.45) is 2.28. The van der Waals surface area contributed by atoms with Gasteiger partial charge in [-0.15, -0.1) is 0 Å². The lowest BCUT2D eigenvalue weighted by atomic mass is 10.1. The van der Waals surface area contributed by atoms with E-state index in [1.165, 1.54) is 5.56 Å². The van der Waals surface area contributed by atoms with Crippen molar-refractivity contribution in [3.63, 3.8) is 0 Å². The van der Waals surface area contributed by atoms with E-state index < -0.39 is 0 Å². The first kappa shape index (κ1) is 17.7. The van der Waals surface area contributed by atoms with E-state index in [1.54, 1.807) is 0 Å². The second-order valence-corrected chi connectivity index (χ2v) is 7.25. The number of benzene rings is 2. The smallest absolute Gasteiger partial charge is 0.260 e. The predicted octanol–water partition coefficient (Wildman–Crippen LogP) is 3.41. The fourth-order valence-electron chi connectivity index (χ4n) is 3.94. The van der Waals surface area contributed by atoms with Crippen molar-refractivity contribution in [2.24, 2.45) is 0 Å². The van der Waals surface area contributed by atoms with Crippen molar-refractivity contribution in [3.05, 3.63) is 70.5 Å². The van der Waals surface area contributed by atoms with Gasteiger partial charge in [-0.05, 0) is 24.1 Å². The minimum atomic E-state index is -0.0608. The molecule has 3 aromatic rings. The number of aromatic nitrogens is 2. The molecule has 0 spiro atoms. The lowest BCUT2D eigenvalue weighted by Gasteiger charge is -2.41. The maximum absolute atomic E-state index is 12.4. The van der Waals surface area contributed by atoms with Crippen LogP contribution in [-0.2, 0) is 6.54 Å². The highest BCUT2D eigenvalue weighted by Crippen LogP contribution is 2.21. The summed E-state index contributed by atoms with van der Waals surface area (Å²) in [5.41, 5.74) is 2.05. The van der Waals surface area contributed by atoms with Gasteiger partial charge in [0, 0.05) is 32.2 Å². The average Bonchev–Trinajstić information content (AvgIpc) is 2.70. The van der Waals surface area contributed by atoms with Crippen LogP contribution in [0.25, 0.3) is 10.9 Å². The Morgan fingerprint density at radius 2 is 1.85 bits per heavy atom. The van der Waals surface area contributed by atoms with E-state index in [1.807, 2.05) is 24.3 Å². The van der Waals surface area contributed by atoms with E-state index in [4.69, 9.17) is 4.98 Å². The molecular formula is C22H26N4O. The Morgan fingerprint density at radius 1 is 1.07 bits per heavy atom. The van der Waals surface area contributed by atoms with Crippen molar-refractivity contribution in [1.29, 1.82) is 0 Å². The molecule has 1 unspecified atom stereocenters. The summed E-state index contributed by atoms with van der Waals surface area (Å²) < 4.78 is 0. The summed E-state index contributed by atoms with van der Waals surface area (Å²) in [6, 6.07) is 18.6. The van der Waals surface area contributed by atoms with Gasteiger partial charge in [0.15, 0.2) is 0 Å². The number of hydrogen-bond acceptors (Lipinski definition) is 4. The minimum Gasteiger partial charge on any atom is -0.339 e. The molecule has 0 bridgehead atoms. The van der Waals surface area contributed by atoms with Crippen LogP contribution in [0.1, 0.15) is 25.3 Å². The molecule has 0 amide bonds. The molecule has 5 heteroatoms. The van der Waals surface area contributed by atoms with Crippen molar-refractivity contribution in [2.45, 2.75) is 32.4 Å². The molecule has 1 aromatic heterocycles. The molecule has 0 radical (unpaired) electrons. The molecule has 0 saturated carbocycles. The molecule has 140 valence electrons. The van der Waals surface area contributed by atoms with Gasteiger partial charge in [0.1, 0.15) is 0 Å². The summed E-state index contributed by atoms with van der Waals surface area (Å²) in [7, 11) is 0. The zero-order valence-corrected chi connectivity index (χ0v) is 15.8. The third-order valence-corrected chi connectivity index (χ3v) is 5.35. The second kappa shape index (κ2) is 7.92. The number of nitrogens with one attached hydrogen (secondary N) is 1. The standard InChI is InChI=1S/C22H26N4O/c1-2-8-18-16-26(14-13-25(18)15-17-9-4-3-5-10-17)22-23-20-12-7-6-11-19(20)21(27)24-22/h3-7,9-12,18H,2,8,13-16H2,1H3,(H,23,24,27). The SMILES string of the molecule is CCCC1CN(c2nc3ccccc3c(=O)[nH]2)CCN1Cc1ccccc1. The van der Waals surface area contributed by atoms with Crippen molar-refractivity contribution < 1.29 is 0 Å². The Labute approximate surface area is 159 Å². The average molecular weight is 362 g/mol. The number of fused-ring (bicyclic) bond motifs is 1. The van der Waals surface area contributed by atoms with Crippen LogP contribution in [0.2, 0.25) is 0 Å². The summed E-state index contributed by atoms with van der Waals surface area (Å²) >= 11 is 0. The number of aromatic amines is 1. The lowest BCUT2D eigenvalue weighted by Crippen LogP contribution is -2.53. The molecule has 0 aliphatic carbocycles. The topological polar surface area (TPSA) is 52.2 Å². The predicted molar refractivity (Wildman–Crippen MR) is 110 cm³/mol. The monoisotopic (exact) mass is 362 g/mol. The van der Waals surface area contributed by atoms with Gasteiger partial charge in [0.05, 0.1) is 10.9 Å². The Kier molecular flexibility index (Phi) is 5.21. The van der Waals surface area contributed by atoms with Gasteiger partial charge >= 0.3 is 0 Å². The number of para-hydroxylation sites is 1. The van der Waals surface area contributed by atoms with Gasteiger partial charge < -0.3 is 4.90 Å². The molecule has 1 fully saturated rings. The Bertz CT molecular complexity index is 953. The molecular weight excluding hydrogens is 336 g/mol. The van der Waals surface area contributed by atoms with Crippen molar-refractivity contribution in [1.82, 2.24) is 14.9 Å². The normalized spacial score (nSPS) is 18.1. The van der Waals surface area contributed by atoms with E-state index in [9.17, 15) is 4.79 Å². The Hall–Kier alpha value is -2.66. The molecule has 5 nitrogen and oxygen atoms in total. The second-order valence-electron chi connectivity index (χ2n) is 7.25. The number of piperazine rings is 1. The number of nitrogens with zero attached hydrogens (tertiary/aromatic N) is 3. The maximum atomic E-state index is 12.4. The van der Waals surface area contributed by atoms with Crippen LogP contribution >= 0.6 is 0 Å². The van der Waals surface area contributed by atoms with E-state index in [-0.39, 0.29) is 5.56 Å².